The average Bonchev–Trinajstić information content (AvgIpc) is 2.91. The summed E-state index contributed by atoms with van der Waals surface area (Å²) in [5.41, 5.74) is 0.535. The molecular formula is C16H23N5O2S. The van der Waals surface area contributed by atoms with Crippen molar-refractivity contribution >= 4 is 27.3 Å². The molecule has 0 saturated carbocycles. The second-order valence-corrected chi connectivity index (χ2v) is 8.20. The summed E-state index contributed by atoms with van der Waals surface area (Å²) in [5, 5.41) is 11.5. The fourth-order valence-electron chi connectivity index (χ4n) is 3.03. The molecule has 1 aliphatic rings. The number of aromatic nitrogens is 3. The van der Waals surface area contributed by atoms with Crippen molar-refractivity contribution < 1.29 is 4.79 Å². The molecule has 2 aromatic rings. The number of hydrogen-bond donors (Lipinski definition) is 2. The minimum absolute atomic E-state index is 0.00152. The van der Waals surface area contributed by atoms with Gasteiger partial charge in [-0.05, 0) is 18.3 Å². The van der Waals surface area contributed by atoms with Crippen molar-refractivity contribution in [3.63, 3.8) is 0 Å². The van der Waals surface area contributed by atoms with E-state index in [9.17, 15) is 9.59 Å². The standard InChI is InChI=1S/C16H23N5O2S/c1-5-9-8-12(23)21-15(17-9)24-14(20-21)18-10-6-7-11(22)19-13(10)16(2,3)4/h8,10,13H,5-7H2,1-4H3,(H,18,20)(H,19,22)/t10-,13-/m1/s1. The Hall–Kier alpha value is -1.96. The van der Waals surface area contributed by atoms with Gasteiger partial charge in [0, 0.05) is 24.2 Å². The zero-order valence-electron chi connectivity index (χ0n) is 14.4. The van der Waals surface area contributed by atoms with Crippen LogP contribution in [0.2, 0.25) is 0 Å². The molecule has 1 saturated heterocycles. The van der Waals surface area contributed by atoms with Gasteiger partial charge in [-0.1, -0.05) is 39.0 Å². The largest absolute Gasteiger partial charge is 0.355 e. The van der Waals surface area contributed by atoms with Crippen LogP contribution in [0.15, 0.2) is 10.9 Å². The van der Waals surface area contributed by atoms with Crippen LogP contribution in [0.1, 0.15) is 46.2 Å². The molecular weight excluding hydrogens is 326 g/mol. The molecule has 0 unspecified atom stereocenters. The van der Waals surface area contributed by atoms with Gasteiger partial charge in [-0.15, -0.1) is 5.10 Å². The second kappa shape index (κ2) is 6.16. The number of carbonyl (C=O) groups excluding carboxylic acids is 1. The highest BCUT2D eigenvalue weighted by atomic mass is 32.1. The highest BCUT2D eigenvalue weighted by Crippen LogP contribution is 2.29. The Balaban J connectivity index is 1.89. The van der Waals surface area contributed by atoms with Crippen molar-refractivity contribution in [1.29, 1.82) is 0 Å². The number of nitrogens with zero attached hydrogens (tertiary/aromatic N) is 3. The van der Waals surface area contributed by atoms with Gasteiger partial charge in [-0.25, -0.2) is 4.98 Å². The number of rotatable bonds is 3. The molecule has 7 nitrogen and oxygen atoms in total. The first kappa shape index (κ1) is 16.9. The number of fused-ring (bicyclic) bond motifs is 1. The van der Waals surface area contributed by atoms with Crippen LogP contribution in [0.3, 0.4) is 0 Å². The van der Waals surface area contributed by atoms with Gasteiger partial charge in [0.05, 0.1) is 6.04 Å². The summed E-state index contributed by atoms with van der Waals surface area (Å²) >= 11 is 1.37. The van der Waals surface area contributed by atoms with Gasteiger partial charge in [-0.3, -0.25) is 9.59 Å². The number of nitrogens with one attached hydrogen (secondary N) is 2. The molecule has 8 heteroatoms. The molecule has 1 amide bonds. The molecule has 0 radical (unpaired) electrons. The summed E-state index contributed by atoms with van der Waals surface area (Å²) in [7, 11) is 0. The number of anilines is 1. The van der Waals surface area contributed by atoms with E-state index in [1.54, 1.807) is 0 Å². The lowest BCUT2D eigenvalue weighted by atomic mass is 9.79. The molecule has 2 atom stereocenters. The molecule has 3 heterocycles. The van der Waals surface area contributed by atoms with Crippen molar-refractivity contribution in [2.24, 2.45) is 5.41 Å². The summed E-state index contributed by atoms with van der Waals surface area (Å²) in [6, 6.07) is 1.60. The third kappa shape index (κ3) is 3.28. The first-order valence-corrected chi connectivity index (χ1v) is 9.05. The van der Waals surface area contributed by atoms with Crippen LogP contribution in [-0.4, -0.2) is 32.6 Å². The maximum atomic E-state index is 12.1. The molecule has 1 aliphatic heterocycles. The average molecular weight is 349 g/mol. The molecule has 0 spiro atoms. The van der Waals surface area contributed by atoms with Crippen LogP contribution in [0.5, 0.6) is 0 Å². The zero-order chi connectivity index (χ0) is 17.5. The highest BCUT2D eigenvalue weighted by molar-refractivity contribution is 7.20. The highest BCUT2D eigenvalue weighted by Gasteiger charge is 2.37. The van der Waals surface area contributed by atoms with E-state index < -0.39 is 0 Å². The number of hydrogen-bond acceptors (Lipinski definition) is 6. The smallest absolute Gasteiger partial charge is 0.275 e. The number of carbonyl (C=O) groups is 1. The first-order valence-electron chi connectivity index (χ1n) is 8.23. The molecule has 130 valence electrons. The van der Waals surface area contributed by atoms with E-state index >= 15 is 0 Å². The Morgan fingerprint density at radius 1 is 1.42 bits per heavy atom. The number of aryl methyl sites for hydroxylation is 1. The van der Waals surface area contributed by atoms with E-state index in [0.29, 0.717) is 22.9 Å². The zero-order valence-corrected chi connectivity index (χ0v) is 15.2. The minimum Gasteiger partial charge on any atom is -0.355 e. The predicted molar refractivity (Wildman–Crippen MR) is 94.5 cm³/mol. The van der Waals surface area contributed by atoms with Crippen LogP contribution in [0.4, 0.5) is 5.13 Å². The van der Waals surface area contributed by atoms with Gasteiger partial charge in [-0.2, -0.15) is 4.52 Å². The summed E-state index contributed by atoms with van der Waals surface area (Å²) in [6.07, 6.45) is 1.95. The van der Waals surface area contributed by atoms with E-state index in [0.717, 1.165) is 12.1 Å². The maximum Gasteiger partial charge on any atom is 0.275 e. The number of amides is 1. The lowest BCUT2D eigenvalue weighted by Crippen LogP contribution is -2.57. The van der Waals surface area contributed by atoms with Gasteiger partial charge < -0.3 is 10.6 Å². The third-order valence-electron chi connectivity index (χ3n) is 4.30. The SMILES string of the molecule is CCc1cc(=O)n2nc(N[C@@H]3CCC(=O)N[C@H]3C(C)(C)C)sc2n1. The third-order valence-corrected chi connectivity index (χ3v) is 5.14. The molecule has 3 rings (SSSR count). The lowest BCUT2D eigenvalue weighted by molar-refractivity contribution is -0.124. The summed E-state index contributed by atoms with van der Waals surface area (Å²) in [6.45, 7) is 8.29. The molecule has 2 N–H and O–H groups in total. The van der Waals surface area contributed by atoms with Crippen molar-refractivity contribution in [1.82, 2.24) is 19.9 Å². The Morgan fingerprint density at radius 2 is 2.17 bits per heavy atom. The predicted octanol–water partition coefficient (Wildman–Crippen LogP) is 1.82. The Kier molecular flexibility index (Phi) is 4.33. The fourth-order valence-corrected chi connectivity index (χ4v) is 3.92. The van der Waals surface area contributed by atoms with Crippen LogP contribution in [0.25, 0.3) is 4.96 Å². The number of piperidine rings is 1. The van der Waals surface area contributed by atoms with Crippen molar-refractivity contribution in [2.45, 2.75) is 59.0 Å². The van der Waals surface area contributed by atoms with Gasteiger partial charge in [0.15, 0.2) is 0 Å². The van der Waals surface area contributed by atoms with E-state index in [-0.39, 0.29) is 29.0 Å². The van der Waals surface area contributed by atoms with Gasteiger partial charge in [0.25, 0.3) is 5.56 Å². The van der Waals surface area contributed by atoms with Gasteiger partial charge in [0.1, 0.15) is 0 Å². The quantitative estimate of drug-likeness (QED) is 0.882. The molecule has 24 heavy (non-hydrogen) atoms. The van der Waals surface area contributed by atoms with Gasteiger partial charge >= 0.3 is 0 Å². The van der Waals surface area contributed by atoms with Crippen LogP contribution in [-0.2, 0) is 11.2 Å². The minimum atomic E-state index is -0.162. The fraction of sp³-hybridized carbons (Fsp3) is 0.625. The van der Waals surface area contributed by atoms with E-state index in [4.69, 9.17) is 0 Å². The van der Waals surface area contributed by atoms with Crippen LogP contribution < -0.4 is 16.2 Å². The van der Waals surface area contributed by atoms with Crippen molar-refractivity contribution in [3.05, 3.63) is 22.1 Å². The monoisotopic (exact) mass is 349 g/mol. The Bertz CT molecular complexity index is 820. The summed E-state index contributed by atoms with van der Waals surface area (Å²) in [5.74, 6) is 0.0859. The normalized spacial score (nSPS) is 21.8. The van der Waals surface area contributed by atoms with Crippen molar-refractivity contribution in [2.75, 3.05) is 5.32 Å². The molecule has 0 bridgehead atoms. The Morgan fingerprint density at radius 3 is 2.83 bits per heavy atom. The first-order chi connectivity index (χ1) is 11.3. The van der Waals surface area contributed by atoms with E-state index in [1.165, 1.54) is 21.9 Å². The Labute approximate surface area is 144 Å². The second-order valence-electron chi connectivity index (χ2n) is 7.24. The van der Waals surface area contributed by atoms with Crippen LogP contribution >= 0.6 is 11.3 Å². The molecule has 0 aromatic carbocycles. The molecule has 2 aromatic heterocycles. The molecule has 0 aliphatic carbocycles. The van der Waals surface area contributed by atoms with E-state index in [1.807, 2.05) is 6.92 Å². The van der Waals surface area contributed by atoms with Gasteiger partial charge in [0.2, 0.25) is 16.0 Å². The van der Waals surface area contributed by atoms with Crippen LogP contribution in [0, 0.1) is 5.41 Å². The summed E-state index contributed by atoms with van der Waals surface area (Å²) < 4.78 is 1.33. The van der Waals surface area contributed by atoms with E-state index in [2.05, 4.69) is 41.5 Å². The topological polar surface area (TPSA) is 88.4 Å². The maximum absolute atomic E-state index is 12.1. The molecule has 1 fully saturated rings. The lowest BCUT2D eigenvalue weighted by Gasteiger charge is -2.40. The van der Waals surface area contributed by atoms with Crippen molar-refractivity contribution in [3.8, 4) is 0 Å². The summed E-state index contributed by atoms with van der Waals surface area (Å²) in [4.78, 5) is 28.9.